The Morgan fingerprint density at radius 3 is 2.73 bits per heavy atom. The topological polar surface area (TPSA) is 9.23 Å². The molecule has 0 saturated carbocycles. The summed E-state index contributed by atoms with van der Waals surface area (Å²) in [5.41, 5.74) is 0. The average molecular weight is 383 g/mol. The van der Waals surface area contributed by atoms with Crippen molar-refractivity contribution in [1.82, 2.24) is 0 Å². The molecule has 1 rings (SSSR count). The number of halogens is 2. The number of para-hydroxylation sites is 1. The van der Waals surface area contributed by atoms with Gasteiger partial charge in [-0.3, -0.25) is 0 Å². The molecule has 84 valence electrons. The maximum Gasteiger partial charge on any atom is 0.132 e. The van der Waals surface area contributed by atoms with Crippen LogP contribution in [0.4, 0.5) is 0 Å². The minimum absolute atomic E-state index is 0.617. The van der Waals surface area contributed by atoms with Crippen LogP contribution in [0.5, 0.6) is 5.75 Å². The van der Waals surface area contributed by atoms with Gasteiger partial charge in [-0.1, -0.05) is 41.4 Å². The Hall–Kier alpha value is 0.230. The number of alkyl halides is 1. The van der Waals surface area contributed by atoms with Gasteiger partial charge in [0.05, 0.1) is 10.2 Å². The number of hydrogen-bond donors (Lipinski definition) is 0. The molecule has 0 spiro atoms. The Bertz CT molecular complexity index is 291. The van der Waals surface area contributed by atoms with E-state index in [0.717, 1.165) is 17.7 Å². The van der Waals surface area contributed by atoms with Gasteiger partial charge in [-0.25, -0.2) is 0 Å². The molecule has 0 aromatic heterocycles. The molecule has 0 aliphatic rings. The molecule has 0 radical (unpaired) electrons. The summed E-state index contributed by atoms with van der Waals surface area (Å²) in [5.74, 6) is 1.62. The number of hydrogen-bond acceptors (Lipinski definition) is 1. The molecule has 1 unspecified atom stereocenters. The molecule has 3 heteroatoms. The molecule has 1 aromatic carbocycles. The first kappa shape index (κ1) is 13.3. The summed E-state index contributed by atoms with van der Waals surface area (Å²) in [6.45, 7) is 3.01. The van der Waals surface area contributed by atoms with Gasteiger partial charge in [0.25, 0.3) is 0 Å². The van der Waals surface area contributed by atoms with E-state index in [-0.39, 0.29) is 0 Å². The van der Waals surface area contributed by atoms with E-state index in [1.807, 2.05) is 18.2 Å². The van der Waals surface area contributed by atoms with Gasteiger partial charge in [0.15, 0.2) is 0 Å². The smallest absolute Gasteiger partial charge is 0.132 e. The molecule has 15 heavy (non-hydrogen) atoms. The van der Waals surface area contributed by atoms with Crippen LogP contribution in [0.15, 0.2) is 24.3 Å². The second-order valence-electron chi connectivity index (χ2n) is 3.55. The van der Waals surface area contributed by atoms with E-state index >= 15 is 0 Å². The Morgan fingerprint density at radius 1 is 1.40 bits per heavy atom. The Labute approximate surface area is 114 Å². The van der Waals surface area contributed by atoms with Crippen molar-refractivity contribution in [3.63, 3.8) is 0 Å². The molecule has 0 heterocycles. The largest absolute Gasteiger partial charge is 0.492 e. The van der Waals surface area contributed by atoms with Crippen molar-refractivity contribution in [3.05, 3.63) is 27.8 Å². The standard InChI is InChI=1S/C12H16BrIO/c1-2-5-10(8-13)9-15-12-7-4-3-6-11(12)14/h3-4,6-7,10H,2,5,8-9H2,1H3. The fourth-order valence-corrected chi connectivity index (χ4v) is 2.44. The van der Waals surface area contributed by atoms with Crippen LogP contribution in [0, 0.1) is 9.49 Å². The van der Waals surface area contributed by atoms with E-state index in [0.29, 0.717) is 5.92 Å². The summed E-state index contributed by atoms with van der Waals surface area (Å²) >= 11 is 5.83. The van der Waals surface area contributed by atoms with Crippen LogP contribution in [0.2, 0.25) is 0 Å². The molecule has 0 saturated heterocycles. The van der Waals surface area contributed by atoms with Crippen LogP contribution in [0.3, 0.4) is 0 Å². The molecule has 1 nitrogen and oxygen atoms in total. The maximum absolute atomic E-state index is 5.80. The number of ether oxygens (including phenoxy) is 1. The van der Waals surface area contributed by atoms with Gasteiger partial charge in [-0.15, -0.1) is 0 Å². The van der Waals surface area contributed by atoms with E-state index in [1.54, 1.807) is 0 Å². The van der Waals surface area contributed by atoms with Crippen LogP contribution in [0.25, 0.3) is 0 Å². The molecular formula is C12H16BrIO. The molecule has 0 N–H and O–H groups in total. The molecule has 0 aliphatic heterocycles. The molecular weight excluding hydrogens is 367 g/mol. The minimum atomic E-state index is 0.617. The predicted molar refractivity (Wildman–Crippen MR) is 76.8 cm³/mol. The lowest BCUT2D eigenvalue weighted by Crippen LogP contribution is -2.13. The third-order valence-electron chi connectivity index (χ3n) is 2.23. The highest BCUT2D eigenvalue weighted by Crippen LogP contribution is 2.21. The second-order valence-corrected chi connectivity index (χ2v) is 5.36. The van der Waals surface area contributed by atoms with Crippen molar-refractivity contribution < 1.29 is 4.74 Å². The fraction of sp³-hybridized carbons (Fsp3) is 0.500. The molecule has 0 bridgehead atoms. The zero-order chi connectivity index (χ0) is 11.1. The fourth-order valence-electron chi connectivity index (χ4n) is 1.38. The second kappa shape index (κ2) is 7.49. The van der Waals surface area contributed by atoms with Crippen molar-refractivity contribution >= 4 is 38.5 Å². The van der Waals surface area contributed by atoms with E-state index < -0.39 is 0 Å². The summed E-state index contributed by atoms with van der Waals surface area (Å²) in [6.07, 6.45) is 2.43. The van der Waals surface area contributed by atoms with Gasteiger partial charge in [-0.05, 0) is 41.1 Å². The summed E-state index contributed by atoms with van der Waals surface area (Å²) in [5, 5.41) is 1.02. The summed E-state index contributed by atoms with van der Waals surface area (Å²) in [7, 11) is 0. The maximum atomic E-state index is 5.80. The third-order valence-corrected chi connectivity index (χ3v) is 4.03. The van der Waals surface area contributed by atoms with Gasteiger partial charge in [0, 0.05) is 11.2 Å². The van der Waals surface area contributed by atoms with Crippen molar-refractivity contribution in [1.29, 1.82) is 0 Å². The lowest BCUT2D eigenvalue weighted by molar-refractivity contribution is 0.253. The van der Waals surface area contributed by atoms with Crippen LogP contribution in [0.1, 0.15) is 19.8 Å². The Balaban J connectivity index is 2.45. The van der Waals surface area contributed by atoms with Gasteiger partial charge >= 0.3 is 0 Å². The normalized spacial score (nSPS) is 12.5. The molecule has 1 aromatic rings. The van der Waals surface area contributed by atoms with Crippen molar-refractivity contribution in [2.24, 2.45) is 5.92 Å². The quantitative estimate of drug-likeness (QED) is 0.520. The van der Waals surface area contributed by atoms with Gasteiger partial charge in [-0.2, -0.15) is 0 Å². The zero-order valence-electron chi connectivity index (χ0n) is 8.88. The van der Waals surface area contributed by atoms with Crippen LogP contribution < -0.4 is 4.74 Å². The SMILES string of the molecule is CCCC(CBr)COc1ccccc1I. The van der Waals surface area contributed by atoms with E-state index in [9.17, 15) is 0 Å². The molecule has 0 fully saturated rings. The summed E-state index contributed by atoms with van der Waals surface area (Å²) in [6, 6.07) is 8.14. The molecule has 0 aliphatic carbocycles. The van der Waals surface area contributed by atoms with Crippen LogP contribution >= 0.6 is 38.5 Å². The highest BCUT2D eigenvalue weighted by Gasteiger charge is 2.07. The number of benzene rings is 1. The highest BCUT2D eigenvalue weighted by molar-refractivity contribution is 14.1. The van der Waals surface area contributed by atoms with Crippen LogP contribution in [-0.4, -0.2) is 11.9 Å². The Morgan fingerprint density at radius 2 is 2.13 bits per heavy atom. The first-order valence-electron chi connectivity index (χ1n) is 5.21. The van der Waals surface area contributed by atoms with Crippen molar-refractivity contribution in [2.75, 3.05) is 11.9 Å². The van der Waals surface area contributed by atoms with Crippen LogP contribution in [-0.2, 0) is 0 Å². The number of rotatable bonds is 6. The van der Waals surface area contributed by atoms with Crippen molar-refractivity contribution in [2.45, 2.75) is 19.8 Å². The first-order chi connectivity index (χ1) is 7.27. The average Bonchev–Trinajstić information content (AvgIpc) is 2.26. The Kier molecular flexibility index (Phi) is 6.64. The molecule has 1 atom stereocenters. The first-order valence-corrected chi connectivity index (χ1v) is 7.41. The monoisotopic (exact) mass is 382 g/mol. The summed E-state index contributed by atoms with van der Waals surface area (Å²) < 4.78 is 6.99. The minimum Gasteiger partial charge on any atom is -0.492 e. The third kappa shape index (κ3) is 4.72. The zero-order valence-corrected chi connectivity index (χ0v) is 12.6. The van der Waals surface area contributed by atoms with E-state index in [1.165, 1.54) is 16.4 Å². The van der Waals surface area contributed by atoms with E-state index in [2.05, 4.69) is 51.5 Å². The lowest BCUT2D eigenvalue weighted by atomic mass is 10.1. The predicted octanol–water partition coefficient (Wildman–Crippen LogP) is 4.48. The highest BCUT2D eigenvalue weighted by atomic mass is 127. The van der Waals surface area contributed by atoms with Gasteiger partial charge in [0.1, 0.15) is 5.75 Å². The molecule has 0 amide bonds. The summed E-state index contributed by atoms with van der Waals surface area (Å²) in [4.78, 5) is 0. The lowest BCUT2D eigenvalue weighted by Gasteiger charge is -2.14. The van der Waals surface area contributed by atoms with Gasteiger partial charge in [0.2, 0.25) is 0 Å². The van der Waals surface area contributed by atoms with Gasteiger partial charge < -0.3 is 4.74 Å². The van der Waals surface area contributed by atoms with E-state index in [4.69, 9.17) is 4.74 Å². The van der Waals surface area contributed by atoms with Crippen molar-refractivity contribution in [3.8, 4) is 5.75 Å².